The van der Waals surface area contributed by atoms with E-state index in [4.69, 9.17) is 0 Å². The minimum atomic E-state index is 0.809. The van der Waals surface area contributed by atoms with Gasteiger partial charge in [-0.15, -0.1) is 0 Å². The van der Waals surface area contributed by atoms with E-state index in [1.807, 2.05) is 0 Å². The molecule has 1 aromatic carbocycles. The highest BCUT2D eigenvalue weighted by atomic mass is 79.9. The second-order valence-corrected chi connectivity index (χ2v) is 6.76. The van der Waals surface area contributed by atoms with Gasteiger partial charge in [0.1, 0.15) is 0 Å². The summed E-state index contributed by atoms with van der Waals surface area (Å²) in [6.45, 7) is 4.58. The van der Waals surface area contributed by atoms with E-state index in [0.29, 0.717) is 0 Å². The van der Waals surface area contributed by atoms with E-state index in [2.05, 4.69) is 52.4 Å². The maximum Gasteiger partial charge on any atom is 0.0177 e. The van der Waals surface area contributed by atoms with Gasteiger partial charge < -0.3 is 5.32 Å². The van der Waals surface area contributed by atoms with Crippen LogP contribution in [-0.2, 0) is 6.42 Å². The van der Waals surface area contributed by atoms with E-state index in [0.717, 1.165) is 18.4 Å². The highest BCUT2D eigenvalue weighted by Gasteiger charge is 2.24. The van der Waals surface area contributed by atoms with Crippen molar-refractivity contribution < 1.29 is 0 Å². The number of hydrogen-bond acceptors (Lipinski definition) is 1. The van der Waals surface area contributed by atoms with Crippen molar-refractivity contribution in [3.8, 4) is 0 Å². The molecule has 1 unspecified atom stereocenters. The van der Waals surface area contributed by atoms with Crippen LogP contribution in [0.3, 0.4) is 0 Å². The highest BCUT2D eigenvalue weighted by molar-refractivity contribution is 9.10. The summed E-state index contributed by atoms with van der Waals surface area (Å²) in [5.41, 5.74) is 1.48. The Kier molecular flexibility index (Phi) is 6.39. The third kappa shape index (κ3) is 4.92. The van der Waals surface area contributed by atoms with Gasteiger partial charge >= 0.3 is 0 Å². The summed E-state index contributed by atoms with van der Waals surface area (Å²) in [5.74, 6) is 1.74. The van der Waals surface area contributed by atoms with E-state index in [9.17, 15) is 0 Å². The molecule has 0 aromatic heterocycles. The van der Waals surface area contributed by atoms with Crippen LogP contribution in [0.2, 0.25) is 0 Å². The topological polar surface area (TPSA) is 12.0 Å². The molecule has 0 saturated heterocycles. The molecule has 2 rings (SSSR count). The van der Waals surface area contributed by atoms with Crippen LogP contribution in [0.1, 0.15) is 44.6 Å². The second kappa shape index (κ2) is 8.06. The van der Waals surface area contributed by atoms with Crippen molar-refractivity contribution in [2.75, 3.05) is 13.1 Å². The van der Waals surface area contributed by atoms with Crippen molar-refractivity contribution in [3.63, 3.8) is 0 Å². The van der Waals surface area contributed by atoms with Gasteiger partial charge in [0, 0.05) is 4.47 Å². The molecule has 0 radical (unpaired) electrons. The van der Waals surface area contributed by atoms with Crippen LogP contribution in [0.15, 0.2) is 28.7 Å². The average molecular weight is 324 g/mol. The van der Waals surface area contributed by atoms with Gasteiger partial charge in [-0.3, -0.25) is 0 Å². The van der Waals surface area contributed by atoms with Crippen molar-refractivity contribution in [2.24, 2.45) is 11.8 Å². The predicted molar refractivity (Wildman–Crippen MR) is 86.5 cm³/mol. The Morgan fingerprint density at radius 2 is 2.11 bits per heavy atom. The first-order valence-corrected chi connectivity index (χ1v) is 8.54. The molecule has 1 aromatic rings. The van der Waals surface area contributed by atoms with Gasteiger partial charge in [-0.25, -0.2) is 0 Å². The average Bonchev–Trinajstić information content (AvgIpc) is 2.92. The summed E-state index contributed by atoms with van der Waals surface area (Å²) in [6, 6.07) is 8.82. The van der Waals surface area contributed by atoms with Crippen LogP contribution in [-0.4, -0.2) is 13.1 Å². The van der Waals surface area contributed by atoms with E-state index < -0.39 is 0 Å². The normalized spacial score (nSPS) is 17.8. The monoisotopic (exact) mass is 323 g/mol. The van der Waals surface area contributed by atoms with Gasteiger partial charge in [0.05, 0.1) is 0 Å². The largest absolute Gasteiger partial charge is 0.316 e. The van der Waals surface area contributed by atoms with Crippen LogP contribution in [0, 0.1) is 11.8 Å². The first-order valence-electron chi connectivity index (χ1n) is 7.74. The van der Waals surface area contributed by atoms with E-state index in [-0.39, 0.29) is 0 Å². The Morgan fingerprint density at radius 3 is 2.79 bits per heavy atom. The maximum absolute atomic E-state index is 3.64. The number of rotatable bonds is 7. The fraction of sp³-hybridized carbons (Fsp3) is 0.647. The lowest BCUT2D eigenvalue weighted by atomic mass is 9.85. The Bertz CT molecular complexity index is 371. The summed E-state index contributed by atoms with van der Waals surface area (Å²) in [7, 11) is 0. The van der Waals surface area contributed by atoms with Gasteiger partial charge in [0.2, 0.25) is 0 Å². The van der Waals surface area contributed by atoms with Crippen molar-refractivity contribution in [3.05, 3.63) is 34.3 Å². The lowest BCUT2D eigenvalue weighted by molar-refractivity contribution is 0.321. The summed E-state index contributed by atoms with van der Waals surface area (Å²) >= 11 is 3.58. The van der Waals surface area contributed by atoms with Gasteiger partial charge in [0.15, 0.2) is 0 Å². The molecule has 0 heterocycles. The minimum absolute atomic E-state index is 0.809. The van der Waals surface area contributed by atoms with E-state index >= 15 is 0 Å². The second-order valence-electron chi connectivity index (χ2n) is 5.84. The third-order valence-corrected chi connectivity index (χ3v) is 4.78. The van der Waals surface area contributed by atoms with Gasteiger partial charge in [-0.2, -0.15) is 0 Å². The zero-order chi connectivity index (χ0) is 13.5. The molecule has 0 bridgehead atoms. The fourth-order valence-electron chi connectivity index (χ4n) is 3.27. The Hall–Kier alpha value is -0.340. The minimum Gasteiger partial charge on any atom is -0.316 e. The molecule has 19 heavy (non-hydrogen) atoms. The van der Waals surface area contributed by atoms with Crippen LogP contribution in [0.25, 0.3) is 0 Å². The van der Waals surface area contributed by atoms with Crippen molar-refractivity contribution in [2.45, 2.75) is 45.4 Å². The number of hydrogen-bond donors (Lipinski definition) is 1. The Morgan fingerprint density at radius 1 is 1.32 bits per heavy atom. The molecular formula is C17H26BrN. The smallest absolute Gasteiger partial charge is 0.0177 e. The van der Waals surface area contributed by atoms with Crippen molar-refractivity contribution in [1.82, 2.24) is 5.32 Å². The fourth-order valence-corrected chi connectivity index (χ4v) is 3.71. The molecule has 2 heteroatoms. The molecule has 1 nitrogen and oxygen atoms in total. The number of nitrogens with one attached hydrogen (secondary N) is 1. The Balaban J connectivity index is 1.95. The van der Waals surface area contributed by atoms with Gasteiger partial charge in [-0.05, 0) is 55.5 Å². The van der Waals surface area contributed by atoms with Crippen LogP contribution >= 0.6 is 15.9 Å². The molecule has 1 saturated carbocycles. The van der Waals surface area contributed by atoms with Gasteiger partial charge in [0.25, 0.3) is 0 Å². The Labute approximate surface area is 126 Å². The lowest BCUT2D eigenvalue weighted by Crippen LogP contribution is -2.29. The SMILES string of the molecule is CCCNCC(Cc1cccc(Br)c1)C1CCCC1. The van der Waals surface area contributed by atoms with Crippen LogP contribution in [0.5, 0.6) is 0 Å². The van der Waals surface area contributed by atoms with Crippen molar-refractivity contribution in [1.29, 1.82) is 0 Å². The number of benzene rings is 1. The number of halogens is 1. The molecule has 1 aliphatic carbocycles. The molecule has 1 fully saturated rings. The molecule has 0 amide bonds. The molecular weight excluding hydrogens is 298 g/mol. The summed E-state index contributed by atoms with van der Waals surface area (Å²) < 4.78 is 1.21. The van der Waals surface area contributed by atoms with Gasteiger partial charge in [-0.1, -0.05) is 60.7 Å². The zero-order valence-electron chi connectivity index (χ0n) is 12.0. The van der Waals surface area contributed by atoms with Crippen LogP contribution < -0.4 is 5.32 Å². The molecule has 0 aliphatic heterocycles. The summed E-state index contributed by atoms with van der Waals surface area (Å²) in [5, 5.41) is 3.64. The summed E-state index contributed by atoms with van der Waals surface area (Å²) in [4.78, 5) is 0. The third-order valence-electron chi connectivity index (χ3n) is 4.29. The predicted octanol–water partition coefficient (Wildman–Crippen LogP) is 4.80. The molecule has 0 spiro atoms. The van der Waals surface area contributed by atoms with E-state index in [1.54, 1.807) is 0 Å². The first-order chi connectivity index (χ1) is 9.29. The van der Waals surface area contributed by atoms with E-state index in [1.165, 1.54) is 55.1 Å². The molecule has 1 atom stereocenters. The lowest BCUT2D eigenvalue weighted by Gasteiger charge is -2.24. The summed E-state index contributed by atoms with van der Waals surface area (Å²) in [6.07, 6.45) is 8.20. The molecule has 106 valence electrons. The molecule has 1 N–H and O–H groups in total. The zero-order valence-corrected chi connectivity index (χ0v) is 13.6. The standard InChI is InChI=1S/C17H26BrN/c1-2-10-19-13-16(15-7-3-4-8-15)11-14-6-5-9-17(18)12-14/h5-6,9,12,15-16,19H,2-4,7-8,10-11,13H2,1H3. The van der Waals surface area contributed by atoms with Crippen molar-refractivity contribution >= 4 is 15.9 Å². The highest BCUT2D eigenvalue weighted by Crippen LogP contribution is 2.33. The maximum atomic E-state index is 3.64. The van der Waals surface area contributed by atoms with Crippen LogP contribution in [0.4, 0.5) is 0 Å². The first kappa shape index (κ1) is 15.1. The molecule has 1 aliphatic rings. The quantitative estimate of drug-likeness (QED) is 0.711.